The van der Waals surface area contributed by atoms with Gasteiger partial charge in [-0.25, -0.2) is 9.97 Å². The molecule has 1 saturated carbocycles. The Bertz CT molecular complexity index is 939. The van der Waals surface area contributed by atoms with Gasteiger partial charge in [0, 0.05) is 36.9 Å². The molecular formula is C23H28N4O2S. The van der Waals surface area contributed by atoms with Crippen molar-refractivity contribution in [3.05, 3.63) is 36.2 Å². The Kier molecular flexibility index (Phi) is 5.41. The van der Waals surface area contributed by atoms with E-state index in [0.29, 0.717) is 17.8 Å². The number of anilines is 2. The molecule has 1 aliphatic carbocycles. The van der Waals surface area contributed by atoms with Gasteiger partial charge in [-0.15, -0.1) is 0 Å². The summed E-state index contributed by atoms with van der Waals surface area (Å²) < 4.78 is 0. The van der Waals surface area contributed by atoms with Gasteiger partial charge < -0.3 is 10.4 Å². The zero-order valence-corrected chi connectivity index (χ0v) is 18.1. The second-order valence-corrected chi connectivity index (χ2v) is 9.87. The molecule has 1 aromatic heterocycles. The second-order valence-electron chi connectivity index (χ2n) is 8.84. The molecule has 3 aliphatic rings. The largest absolute Gasteiger partial charge is 0.481 e. The number of nitrogens with zero attached hydrogens (tertiary/aromatic N) is 3. The van der Waals surface area contributed by atoms with Crippen molar-refractivity contribution in [1.82, 2.24) is 14.9 Å². The van der Waals surface area contributed by atoms with Crippen LogP contribution in [0, 0.1) is 23.7 Å². The van der Waals surface area contributed by atoms with Crippen LogP contribution in [0.5, 0.6) is 0 Å². The van der Waals surface area contributed by atoms with Crippen molar-refractivity contribution in [2.75, 3.05) is 18.4 Å². The monoisotopic (exact) mass is 424 g/mol. The lowest BCUT2D eigenvalue weighted by Gasteiger charge is -2.49. The zero-order chi connectivity index (χ0) is 20.7. The Morgan fingerprint density at radius 3 is 2.77 bits per heavy atom. The van der Waals surface area contributed by atoms with Gasteiger partial charge in [-0.05, 0) is 54.7 Å². The van der Waals surface area contributed by atoms with Gasteiger partial charge in [0.05, 0.1) is 11.6 Å². The summed E-state index contributed by atoms with van der Waals surface area (Å²) in [5, 5.41) is 14.1. The molecule has 7 heteroatoms. The fraction of sp³-hybridized carbons (Fsp3) is 0.522. The maximum Gasteiger partial charge on any atom is 0.306 e. The number of benzene rings is 1. The normalized spacial score (nSPS) is 26.2. The number of nitrogens with one attached hydrogen (secondary N) is 1. The number of aliphatic carboxylic acids is 1. The highest BCUT2D eigenvalue weighted by atomic mass is 32.2. The lowest BCUT2D eigenvalue weighted by molar-refractivity contribution is -0.148. The molecule has 2 bridgehead atoms. The molecule has 3 atom stereocenters. The second kappa shape index (κ2) is 8.19. The summed E-state index contributed by atoms with van der Waals surface area (Å²) in [6.45, 7) is 4.97. The predicted molar refractivity (Wildman–Crippen MR) is 117 cm³/mol. The number of aromatic nitrogens is 2. The molecule has 158 valence electrons. The van der Waals surface area contributed by atoms with Crippen LogP contribution in [0.4, 0.5) is 11.5 Å². The Balaban J connectivity index is 1.30. The minimum atomic E-state index is -0.602. The minimum absolute atomic E-state index is 0.186. The van der Waals surface area contributed by atoms with Gasteiger partial charge in [0.2, 0.25) is 0 Å². The summed E-state index contributed by atoms with van der Waals surface area (Å²) in [7, 11) is 0. The Morgan fingerprint density at radius 1 is 1.27 bits per heavy atom. The van der Waals surface area contributed by atoms with E-state index in [2.05, 4.69) is 38.4 Å². The minimum Gasteiger partial charge on any atom is -0.481 e. The molecule has 0 radical (unpaired) electrons. The van der Waals surface area contributed by atoms with E-state index in [9.17, 15) is 9.90 Å². The number of carboxylic acids is 1. The van der Waals surface area contributed by atoms with Crippen molar-refractivity contribution in [3.63, 3.8) is 0 Å². The number of likely N-dealkylation sites (tertiary alicyclic amines) is 1. The summed E-state index contributed by atoms with van der Waals surface area (Å²) in [5.74, 6) is 1.39. The predicted octanol–water partition coefficient (Wildman–Crippen LogP) is 4.64. The molecule has 1 saturated heterocycles. The third-order valence-corrected chi connectivity index (χ3v) is 8.09. The Labute approximate surface area is 181 Å². The number of carbonyl (C=O) groups is 1. The van der Waals surface area contributed by atoms with E-state index >= 15 is 0 Å². The van der Waals surface area contributed by atoms with Crippen molar-refractivity contribution in [1.29, 1.82) is 0 Å². The molecule has 3 heterocycles. The van der Waals surface area contributed by atoms with Gasteiger partial charge in [0.1, 0.15) is 5.03 Å². The van der Waals surface area contributed by atoms with Crippen LogP contribution in [0.2, 0.25) is 0 Å². The summed E-state index contributed by atoms with van der Waals surface area (Å²) in [6.07, 6.45) is 7.76. The van der Waals surface area contributed by atoms with E-state index in [1.807, 2.05) is 6.92 Å². The summed E-state index contributed by atoms with van der Waals surface area (Å²) >= 11 is 1.65. The number of piperidine rings is 1. The first-order valence-corrected chi connectivity index (χ1v) is 11.8. The molecule has 6 nitrogen and oxygen atoms in total. The molecular weight excluding hydrogens is 396 g/mol. The average molecular weight is 425 g/mol. The van der Waals surface area contributed by atoms with Gasteiger partial charge in [-0.2, -0.15) is 0 Å². The standard InChI is InChI=1S/C23H28N4O2S/c1-2-17(23(28)29)20-15-4-3-5-16(20)13-27(12-15)11-14-6-7-19-18(10-14)26-21-22(30-19)25-9-8-24-21/h6-10,15-17,20H,2-5,11-13H2,1H3,(H,24,26)(H,28,29). The lowest BCUT2D eigenvalue weighted by Crippen LogP contribution is -2.51. The van der Waals surface area contributed by atoms with E-state index in [0.717, 1.165) is 42.6 Å². The Morgan fingerprint density at radius 2 is 2.03 bits per heavy atom. The number of hydrogen-bond donors (Lipinski definition) is 2. The zero-order valence-electron chi connectivity index (χ0n) is 17.3. The number of fused-ring (bicyclic) bond motifs is 4. The van der Waals surface area contributed by atoms with Crippen LogP contribution in [0.3, 0.4) is 0 Å². The third kappa shape index (κ3) is 3.69. The summed E-state index contributed by atoms with van der Waals surface area (Å²) in [5.41, 5.74) is 2.38. The number of hydrogen-bond acceptors (Lipinski definition) is 6. The topological polar surface area (TPSA) is 78.4 Å². The van der Waals surface area contributed by atoms with Crippen LogP contribution >= 0.6 is 11.8 Å². The quantitative estimate of drug-likeness (QED) is 0.617. The van der Waals surface area contributed by atoms with Crippen LogP contribution < -0.4 is 5.32 Å². The molecule has 0 spiro atoms. The van der Waals surface area contributed by atoms with E-state index < -0.39 is 5.97 Å². The van der Waals surface area contributed by atoms with Crippen molar-refractivity contribution >= 4 is 29.2 Å². The average Bonchev–Trinajstić information content (AvgIpc) is 2.73. The van der Waals surface area contributed by atoms with Crippen molar-refractivity contribution in [2.24, 2.45) is 23.7 Å². The van der Waals surface area contributed by atoms with Gasteiger partial charge in [-0.1, -0.05) is 31.2 Å². The smallest absolute Gasteiger partial charge is 0.306 e. The molecule has 5 rings (SSSR count). The van der Waals surface area contributed by atoms with Crippen molar-refractivity contribution in [2.45, 2.75) is 49.1 Å². The lowest BCUT2D eigenvalue weighted by atomic mass is 9.63. The van der Waals surface area contributed by atoms with Crippen molar-refractivity contribution in [3.8, 4) is 0 Å². The molecule has 0 amide bonds. The van der Waals surface area contributed by atoms with Gasteiger partial charge in [0.15, 0.2) is 5.82 Å². The third-order valence-electron chi connectivity index (χ3n) is 7.02. The first-order valence-electron chi connectivity index (χ1n) is 11.0. The molecule has 2 aromatic rings. The fourth-order valence-corrected chi connectivity index (χ4v) is 6.69. The highest BCUT2D eigenvalue weighted by molar-refractivity contribution is 7.99. The maximum atomic E-state index is 11.8. The van der Waals surface area contributed by atoms with Crippen LogP contribution in [0.1, 0.15) is 38.2 Å². The molecule has 1 aromatic carbocycles. The van der Waals surface area contributed by atoms with Gasteiger partial charge in [0.25, 0.3) is 0 Å². The van der Waals surface area contributed by atoms with E-state index in [4.69, 9.17) is 0 Å². The molecule has 2 N–H and O–H groups in total. The highest BCUT2D eigenvalue weighted by Gasteiger charge is 2.44. The van der Waals surface area contributed by atoms with E-state index in [1.54, 1.807) is 24.2 Å². The van der Waals surface area contributed by atoms with E-state index in [1.165, 1.54) is 29.7 Å². The SMILES string of the molecule is CCC(C(=O)O)C1C2CCCC1CN(Cc1ccc3c(c1)Nc1nccnc1S3)C2. The number of rotatable bonds is 5. The van der Waals surface area contributed by atoms with Crippen LogP contribution in [0.15, 0.2) is 40.5 Å². The van der Waals surface area contributed by atoms with Crippen LogP contribution in [-0.4, -0.2) is 39.0 Å². The first kappa shape index (κ1) is 19.8. The maximum absolute atomic E-state index is 11.8. The fourth-order valence-electron chi connectivity index (χ4n) is 5.81. The molecule has 3 unspecified atom stereocenters. The highest BCUT2D eigenvalue weighted by Crippen LogP contribution is 2.46. The molecule has 2 aliphatic heterocycles. The van der Waals surface area contributed by atoms with Gasteiger partial charge >= 0.3 is 5.97 Å². The first-order chi connectivity index (χ1) is 14.6. The number of carboxylic acid groups (broad SMARTS) is 1. The van der Waals surface area contributed by atoms with Crippen LogP contribution in [0.25, 0.3) is 0 Å². The van der Waals surface area contributed by atoms with Gasteiger partial charge in [-0.3, -0.25) is 9.69 Å². The van der Waals surface area contributed by atoms with Crippen LogP contribution in [-0.2, 0) is 11.3 Å². The molecule has 30 heavy (non-hydrogen) atoms. The summed E-state index contributed by atoms with van der Waals surface area (Å²) in [4.78, 5) is 24.3. The molecule has 2 fully saturated rings. The summed E-state index contributed by atoms with van der Waals surface area (Å²) in [6, 6.07) is 6.61. The Hall–Kier alpha value is -2.12. The van der Waals surface area contributed by atoms with E-state index in [-0.39, 0.29) is 5.92 Å². The van der Waals surface area contributed by atoms with Crippen molar-refractivity contribution < 1.29 is 9.90 Å².